The zero-order valence-electron chi connectivity index (χ0n) is 16.7. The summed E-state index contributed by atoms with van der Waals surface area (Å²) < 4.78 is 50.4. The number of carbonyl (C=O) groups excluding carboxylic acids is 1. The number of halogens is 4. The van der Waals surface area contributed by atoms with Crippen LogP contribution in [0.1, 0.15) is 15.9 Å². The molecule has 5 nitrogen and oxygen atoms in total. The van der Waals surface area contributed by atoms with Gasteiger partial charge in [0.2, 0.25) is 6.79 Å². The molecule has 0 unspecified atom stereocenters. The summed E-state index contributed by atoms with van der Waals surface area (Å²) in [5, 5.41) is 2.66. The molecule has 9 heteroatoms. The fourth-order valence-corrected chi connectivity index (χ4v) is 3.81. The van der Waals surface area contributed by atoms with Gasteiger partial charge in [0.05, 0.1) is 27.4 Å². The minimum atomic E-state index is -4.65. The second kappa shape index (κ2) is 7.97. The number of nitrogens with zero attached hydrogens (tertiary/aromatic N) is 1. The van der Waals surface area contributed by atoms with E-state index in [4.69, 9.17) is 21.1 Å². The molecule has 1 amide bonds. The molecule has 0 aliphatic carbocycles. The van der Waals surface area contributed by atoms with E-state index < -0.39 is 22.7 Å². The van der Waals surface area contributed by atoms with Crippen molar-refractivity contribution in [2.24, 2.45) is 0 Å². The highest BCUT2D eigenvalue weighted by Gasteiger charge is 2.33. The highest BCUT2D eigenvalue weighted by atomic mass is 35.5. The number of amides is 1. The Kier molecular flexibility index (Phi) is 5.09. The first-order valence-electron chi connectivity index (χ1n) is 9.77. The van der Waals surface area contributed by atoms with Gasteiger partial charge in [-0.15, -0.1) is 0 Å². The van der Waals surface area contributed by atoms with E-state index in [1.165, 1.54) is 6.07 Å². The van der Waals surface area contributed by atoms with Gasteiger partial charge in [-0.2, -0.15) is 13.2 Å². The van der Waals surface area contributed by atoms with Crippen molar-refractivity contribution in [2.45, 2.75) is 6.18 Å². The van der Waals surface area contributed by atoms with Gasteiger partial charge in [-0.25, -0.2) is 4.98 Å². The number of fused-ring (bicyclic) bond motifs is 2. The van der Waals surface area contributed by atoms with Crippen molar-refractivity contribution in [3.05, 3.63) is 82.9 Å². The van der Waals surface area contributed by atoms with E-state index in [-0.39, 0.29) is 18.0 Å². The SMILES string of the molecule is O=C(Nc1ccc(Cl)c(C(F)(F)F)c1)c1cc(-c2ccc3c(c2)OCO3)nc2ccccc12. The van der Waals surface area contributed by atoms with Crippen LogP contribution >= 0.6 is 11.6 Å². The predicted molar refractivity (Wildman–Crippen MR) is 118 cm³/mol. The highest BCUT2D eigenvalue weighted by molar-refractivity contribution is 6.31. The molecule has 0 saturated heterocycles. The molecule has 0 bridgehead atoms. The summed E-state index contributed by atoms with van der Waals surface area (Å²) in [6.45, 7) is 0.124. The number of hydrogen-bond donors (Lipinski definition) is 1. The minimum Gasteiger partial charge on any atom is -0.454 e. The van der Waals surface area contributed by atoms with Crippen LogP contribution in [-0.4, -0.2) is 17.7 Å². The molecule has 4 aromatic rings. The molecule has 0 fully saturated rings. The molecule has 1 aromatic heterocycles. The van der Waals surface area contributed by atoms with E-state index in [2.05, 4.69) is 10.3 Å². The number of alkyl halides is 3. The van der Waals surface area contributed by atoms with Crippen molar-refractivity contribution in [3.8, 4) is 22.8 Å². The van der Waals surface area contributed by atoms with Crippen molar-refractivity contribution >= 4 is 34.1 Å². The van der Waals surface area contributed by atoms with Gasteiger partial charge in [0.15, 0.2) is 11.5 Å². The Morgan fingerprint density at radius 2 is 1.76 bits per heavy atom. The van der Waals surface area contributed by atoms with Crippen LogP contribution in [0.15, 0.2) is 66.7 Å². The smallest absolute Gasteiger partial charge is 0.417 e. The van der Waals surface area contributed by atoms with Gasteiger partial charge in [0, 0.05) is 16.6 Å². The number of pyridine rings is 1. The zero-order chi connectivity index (χ0) is 23.2. The van der Waals surface area contributed by atoms with Crippen molar-refractivity contribution in [1.29, 1.82) is 0 Å². The van der Waals surface area contributed by atoms with Crippen LogP contribution < -0.4 is 14.8 Å². The van der Waals surface area contributed by atoms with Crippen LogP contribution in [-0.2, 0) is 6.18 Å². The fraction of sp³-hybridized carbons (Fsp3) is 0.0833. The molecule has 1 N–H and O–H groups in total. The summed E-state index contributed by atoms with van der Waals surface area (Å²) >= 11 is 5.68. The maximum absolute atomic E-state index is 13.2. The van der Waals surface area contributed by atoms with Crippen molar-refractivity contribution in [1.82, 2.24) is 4.98 Å². The molecule has 3 aromatic carbocycles. The summed E-state index contributed by atoms with van der Waals surface area (Å²) in [5.74, 6) is 0.598. The van der Waals surface area contributed by atoms with Gasteiger partial charge in [-0.3, -0.25) is 4.79 Å². The number of para-hydroxylation sites is 1. The average Bonchev–Trinajstić information content (AvgIpc) is 3.26. The second-order valence-corrected chi connectivity index (χ2v) is 7.69. The standard InChI is InChI=1S/C24H14ClF3N2O3/c25-18-7-6-14(10-17(18)24(26,27)28)29-23(31)16-11-20(30-19-4-2-1-3-15(16)19)13-5-8-21-22(9-13)33-12-32-21/h1-11H,12H2,(H,29,31). The first-order chi connectivity index (χ1) is 15.8. The van der Waals surface area contributed by atoms with Gasteiger partial charge in [0.25, 0.3) is 5.91 Å². The molecule has 1 aliphatic heterocycles. The van der Waals surface area contributed by atoms with Crippen molar-refractivity contribution in [2.75, 3.05) is 12.1 Å². The first-order valence-corrected chi connectivity index (χ1v) is 10.2. The number of hydrogen-bond acceptors (Lipinski definition) is 4. The Morgan fingerprint density at radius 3 is 2.58 bits per heavy atom. The molecule has 0 atom stereocenters. The van der Waals surface area contributed by atoms with E-state index in [0.29, 0.717) is 33.7 Å². The quantitative estimate of drug-likeness (QED) is 0.368. The minimum absolute atomic E-state index is 0.0257. The van der Waals surface area contributed by atoms with Crippen molar-refractivity contribution < 1.29 is 27.4 Å². The van der Waals surface area contributed by atoms with E-state index in [0.717, 1.165) is 12.1 Å². The summed E-state index contributed by atoms with van der Waals surface area (Å²) in [5.41, 5.74) is 0.973. The van der Waals surface area contributed by atoms with Crippen LogP contribution in [0.5, 0.6) is 11.5 Å². The lowest BCUT2D eigenvalue weighted by Gasteiger charge is -2.13. The van der Waals surface area contributed by atoms with Crippen molar-refractivity contribution in [3.63, 3.8) is 0 Å². The van der Waals surface area contributed by atoms with Gasteiger partial charge in [-0.1, -0.05) is 29.8 Å². The highest BCUT2D eigenvalue weighted by Crippen LogP contribution is 2.38. The summed E-state index contributed by atoms with van der Waals surface area (Å²) in [7, 11) is 0. The molecule has 0 saturated carbocycles. The maximum atomic E-state index is 13.2. The fourth-order valence-electron chi connectivity index (χ4n) is 3.59. The Bertz CT molecular complexity index is 1410. The molecule has 1 aliphatic rings. The number of nitrogens with one attached hydrogen (secondary N) is 1. The molecule has 166 valence electrons. The Balaban J connectivity index is 1.56. The second-order valence-electron chi connectivity index (χ2n) is 7.29. The average molecular weight is 471 g/mol. The predicted octanol–water partition coefficient (Wildman–Crippen LogP) is 6.56. The molecule has 2 heterocycles. The Labute approximate surface area is 190 Å². The zero-order valence-corrected chi connectivity index (χ0v) is 17.5. The van der Waals surface area contributed by atoms with E-state index in [1.54, 1.807) is 48.5 Å². The molecule has 0 radical (unpaired) electrons. The third kappa shape index (κ3) is 4.05. The lowest BCUT2D eigenvalue weighted by atomic mass is 10.0. The lowest BCUT2D eigenvalue weighted by Crippen LogP contribution is -2.14. The molecular weight excluding hydrogens is 457 g/mol. The third-order valence-corrected chi connectivity index (χ3v) is 5.49. The number of ether oxygens (including phenoxy) is 2. The van der Waals surface area contributed by atoms with Crippen LogP contribution in [0.4, 0.5) is 18.9 Å². The third-order valence-electron chi connectivity index (χ3n) is 5.16. The van der Waals surface area contributed by atoms with Gasteiger partial charge in [0.1, 0.15) is 0 Å². The molecule has 0 spiro atoms. The maximum Gasteiger partial charge on any atom is 0.417 e. The molecular formula is C24H14ClF3N2O3. The topological polar surface area (TPSA) is 60.5 Å². The normalized spacial score (nSPS) is 12.7. The van der Waals surface area contributed by atoms with Crippen LogP contribution in [0.2, 0.25) is 5.02 Å². The number of benzene rings is 3. The molecule has 33 heavy (non-hydrogen) atoms. The van der Waals surface area contributed by atoms with Gasteiger partial charge in [-0.05, 0) is 48.5 Å². The summed E-state index contributed by atoms with van der Waals surface area (Å²) in [6.07, 6.45) is -4.65. The number of aromatic nitrogens is 1. The van der Waals surface area contributed by atoms with E-state index in [9.17, 15) is 18.0 Å². The lowest BCUT2D eigenvalue weighted by molar-refractivity contribution is -0.137. The Hall–Kier alpha value is -3.78. The van der Waals surface area contributed by atoms with E-state index >= 15 is 0 Å². The van der Waals surface area contributed by atoms with Crippen LogP contribution in [0, 0.1) is 0 Å². The van der Waals surface area contributed by atoms with Gasteiger partial charge < -0.3 is 14.8 Å². The number of anilines is 1. The van der Waals surface area contributed by atoms with Crippen LogP contribution in [0.25, 0.3) is 22.2 Å². The van der Waals surface area contributed by atoms with Crippen LogP contribution in [0.3, 0.4) is 0 Å². The summed E-state index contributed by atoms with van der Waals surface area (Å²) in [4.78, 5) is 17.8. The Morgan fingerprint density at radius 1 is 0.970 bits per heavy atom. The largest absolute Gasteiger partial charge is 0.454 e. The first kappa shape index (κ1) is 21.1. The summed E-state index contributed by atoms with van der Waals surface area (Å²) in [6, 6.07) is 17.1. The monoisotopic (exact) mass is 470 g/mol. The molecule has 5 rings (SSSR count). The van der Waals surface area contributed by atoms with Gasteiger partial charge >= 0.3 is 6.18 Å². The van der Waals surface area contributed by atoms with E-state index in [1.807, 2.05) is 0 Å². The number of rotatable bonds is 3. The number of carbonyl (C=O) groups is 1.